The van der Waals surface area contributed by atoms with Crippen molar-refractivity contribution in [1.82, 2.24) is 0 Å². The van der Waals surface area contributed by atoms with E-state index in [2.05, 4.69) is 0 Å². The number of para-hydroxylation sites is 1. The molecule has 0 saturated carbocycles. The quantitative estimate of drug-likeness (QED) is 0.322. The lowest BCUT2D eigenvalue weighted by atomic mass is 10.3. The number of benzene rings is 1. The van der Waals surface area contributed by atoms with Gasteiger partial charge in [-0.15, -0.1) is 0 Å². The summed E-state index contributed by atoms with van der Waals surface area (Å²) in [6.07, 6.45) is 0.276. The molecule has 1 aromatic rings. The highest BCUT2D eigenvalue weighted by molar-refractivity contribution is 5.95. The number of carbonyl (C=O) groups excluding carboxylic acids is 2. The lowest BCUT2D eigenvalue weighted by Gasteiger charge is -2.24. The Morgan fingerprint density at radius 1 is 1.35 bits per heavy atom. The number of esters is 1. The first-order valence-corrected chi connectivity index (χ1v) is 5.11. The Balaban J connectivity index is 2.92. The average Bonchev–Trinajstić information content (AvgIpc) is 2.37. The van der Waals surface area contributed by atoms with Gasteiger partial charge in [0.1, 0.15) is 5.75 Å². The molecule has 17 heavy (non-hydrogen) atoms. The van der Waals surface area contributed by atoms with E-state index in [1.54, 1.807) is 37.3 Å². The number of rotatable bonds is 6. The molecule has 1 rings (SSSR count). The lowest BCUT2D eigenvalue weighted by molar-refractivity contribution is -0.202. The minimum atomic E-state index is -2.04. The third-order valence-corrected chi connectivity index (χ3v) is 2.03. The van der Waals surface area contributed by atoms with E-state index in [0.29, 0.717) is 5.75 Å². The first kappa shape index (κ1) is 13.2. The summed E-state index contributed by atoms with van der Waals surface area (Å²) in [5.74, 6) is -2.58. The number of methoxy groups -OCH3 is 1. The van der Waals surface area contributed by atoms with Gasteiger partial charge in [0.2, 0.25) is 6.29 Å². The van der Waals surface area contributed by atoms with Gasteiger partial charge in [0, 0.05) is 7.11 Å². The van der Waals surface area contributed by atoms with Crippen LogP contribution in [0.5, 0.6) is 5.75 Å². The monoisotopic (exact) mass is 238 g/mol. The maximum Gasteiger partial charge on any atom is 0.388 e. The molecule has 0 aromatic heterocycles. The van der Waals surface area contributed by atoms with Crippen molar-refractivity contribution in [2.24, 2.45) is 0 Å². The average molecular weight is 238 g/mol. The fraction of sp³-hybridized carbons (Fsp3) is 0.333. The minimum Gasteiger partial charge on any atom is -0.461 e. The molecule has 0 heterocycles. The van der Waals surface area contributed by atoms with Gasteiger partial charge in [0.15, 0.2) is 0 Å². The van der Waals surface area contributed by atoms with Crippen molar-refractivity contribution in [3.8, 4) is 5.75 Å². The van der Waals surface area contributed by atoms with Crippen molar-refractivity contribution in [2.45, 2.75) is 12.7 Å². The van der Waals surface area contributed by atoms with Crippen molar-refractivity contribution in [2.75, 3.05) is 13.7 Å². The Labute approximate surface area is 99.3 Å². The van der Waals surface area contributed by atoms with Gasteiger partial charge in [-0.25, -0.2) is 4.79 Å². The van der Waals surface area contributed by atoms with Crippen LogP contribution < -0.4 is 4.74 Å². The van der Waals surface area contributed by atoms with Crippen LogP contribution in [0.1, 0.15) is 6.92 Å². The predicted octanol–water partition coefficient (Wildman–Crippen LogP) is 1.17. The van der Waals surface area contributed by atoms with Gasteiger partial charge in [-0.1, -0.05) is 18.2 Å². The maximum absolute atomic E-state index is 11.6. The van der Waals surface area contributed by atoms with E-state index in [9.17, 15) is 9.59 Å². The summed E-state index contributed by atoms with van der Waals surface area (Å²) in [6.45, 7) is 1.77. The molecule has 5 nitrogen and oxygen atoms in total. The zero-order valence-corrected chi connectivity index (χ0v) is 9.71. The molecule has 0 aliphatic carbocycles. The molecule has 1 unspecified atom stereocenters. The minimum absolute atomic E-state index is 0.135. The Morgan fingerprint density at radius 2 is 2.00 bits per heavy atom. The van der Waals surface area contributed by atoms with Crippen LogP contribution in [0, 0.1) is 0 Å². The van der Waals surface area contributed by atoms with Crippen LogP contribution in [0.4, 0.5) is 0 Å². The summed E-state index contributed by atoms with van der Waals surface area (Å²) in [7, 11) is 1.20. The van der Waals surface area contributed by atoms with Gasteiger partial charge >= 0.3 is 11.8 Å². The Morgan fingerprint density at radius 3 is 2.47 bits per heavy atom. The molecule has 92 valence electrons. The molecule has 0 spiro atoms. The maximum atomic E-state index is 11.6. The normalized spacial score (nSPS) is 13.5. The largest absolute Gasteiger partial charge is 0.461 e. The fourth-order valence-corrected chi connectivity index (χ4v) is 1.18. The number of ether oxygens (including phenoxy) is 3. The van der Waals surface area contributed by atoms with Gasteiger partial charge < -0.3 is 14.2 Å². The predicted molar refractivity (Wildman–Crippen MR) is 59.5 cm³/mol. The molecule has 0 radical (unpaired) electrons. The zero-order chi connectivity index (χ0) is 12.7. The lowest BCUT2D eigenvalue weighted by Crippen LogP contribution is -2.49. The van der Waals surface area contributed by atoms with Crippen molar-refractivity contribution in [3.05, 3.63) is 30.3 Å². The molecule has 0 amide bonds. The fourth-order valence-electron chi connectivity index (χ4n) is 1.18. The van der Waals surface area contributed by atoms with E-state index in [1.807, 2.05) is 0 Å². The van der Waals surface area contributed by atoms with Crippen LogP contribution in [-0.2, 0) is 19.1 Å². The van der Waals surface area contributed by atoms with E-state index >= 15 is 0 Å². The first-order chi connectivity index (χ1) is 8.18. The second kappa shape index (κ2) is 6.00. The van der Waals surface area contributed by atoms with E-state index < -0.39 is 11.8 Å². The number of hydrogen-bond donors (Lipinski definition) is 0. The van der Waals surface area contributed by atoms with Gasteiger partial charge in [-0.05, 0) is 19.1 Å². The summed E-state index contributed by atoms with van der Waals surface area (Å²) >= 11 is 0. The second-order valence-electron chi connectivity index (χ2n) is 3.13. The smallest absolute Gasteiger partial charge is 0.388 e. The van der Waals surface area contributed by atoms with Crippen molar-refractivity contribution in [3.63, 3.8) is 0 Å². The third-order valence-electron chi connectivity index (χ3n) is 2.03. The topological polar surface area (TPSA) is 61.8 Å². The highest BCUT2D eigenvalue weighted by Crippen LogP contribution is 2.19. The SMILES string of the molecule is CCOC(=O)C(C=O)(OC)Oc1ccccc1. The summed E-state index contributed by atoms with van der Waals surface area (Å²) in [4.78, 5) is 22.7. The Hall–Kier alpha value is -1.88. The van der Waals surface area contributed by atoms with Crippen molar-refractivity contribution < 1.29 is 23.8 Å². The van der Waals surface area contributed by atoms with Gasteiger partial charge in [-0.3, -0.25) is 4.79 Å². The molecular formula is C12H14O5. The van der Waals surface area contributed by atoms with Gasteiger partial charge in [-0.2, -0.15) is 0 Å². The van der Waals surface area contributed by atoms with Gasteiger partial charge in [0.25, 0.3) is 0 Å². The van der Waals surface area contributed by atoms with Crippen LogP contribution in [0.15, 0.2) is 30.3 Å². The summed E-state index contributed by atoms with van der Waals surface area (Å²) in [5.41, 5.74) is 0. The van der Waals surface area contributed by atoms with E-state index in [-0.39, 0.29) is 12.9 Å². The highest BCUT2D eigenvalue weighted by Gasteiger charge is 2.43. The van der Waals surface area contributed by atoms with E-state index in [4.69, 9.17) is 14.2 Å². The molecule has 1 aromatic carbocycles. The molecular weight excluding hydrogens is 224 g/mol. The summed E-state index contributed by atoms with van der Waals surface area (Å²) in [5, 5.41) is 0. The molecule has 0 fully saturated rings. The van der Waals surface area contributed by atoms with E-state index in [0.717, 1.165) is 0 Å². The van der Waals surface area contributed by atoms with E-state index in [1.165, 1.54) is 7.11 Å². The van der Waals surface area contributed by atoms with Crippen molar-refractivity contribution in [1.29, 1.82) is 0 Å². The number of hydrogen-bond acceptors (Lipinski definition) is 5. The van der Waals surface area contributed by atoms with Gasteiger partial charge in [0.05, 0.1) is 6.61 Å². The molecule has 0 aliphatic heterocycles. The molecule has 0 N–H and O–H groups in total. The zero-order valence-electron chi connectivity index (χ0n) is 9.71. The number of carbonyl (C=O) groups is 2. The van der Waals surface area contributed by atoms with Crippen LogP contribution in [-0.4, -0.2) is 31.8 Å². The molecule has 0 bridgehead atoms. The van der Waals surface area contributed by atoms with Crippen LogP contribution >= 0.6 is 0 Å². The van der Waals surface area contributed by atoms with Crippen LogP contribution in [0.2, 0.25) is 0 Å². The highest BCUT2D eigenvalue weighted by atomic mass is 16.7. The summed E-state index contributed by atoms with van der Waals surface area (Å²) in [6, 6.07) is 8.43. The number of aldehydes is 1. The molecule has 5 heteroatoms. The van der Waals surface area contributed by atoms with Crippen molar-refractivity contribution >= 4 is 12.3 Å². The van der Waals surface area contributed by atoms with Crippen LogP contribution in [0.3, 0.4) is 0 Å². The first-order valence-electron chi connectivity index (χ1n) is 5.11. The standard InChI is InChI=1S/C12H14O5/c1-3-16-11(14)12(9-13,15-2)17-10-7-5-4-6-8-10/h4-9H,3H2,1-2H3. The molecule has 0 aliphatic rings. The molecule has 1 atom stereocenters. The Bertz CT molecular complexity index is 376. The van der Waals surface area contributed by atoms with Crippen LogP contribution in [0.25, 0.3) is 0 Å². The summed E-state index contributed by atoms with van der Waals surface area (Å²) < 4.78 is 14.8. The second-order valence-corrected chi connectivity index (χ2v) is 3.13. The Kier molecular flexibility index (Phi) is 4.66. The third kappa shape index (κ3) is 3.04. The molecule has 0 saturated heterocycles.